The Labute approximate surface area is 154 Å². The van der Waals surface area contributed by atoms with Crippen molar-refractivity contribution in [1.82, 2.24) is 4.90 Å². The van der Waals surface area contributed by atoms with Crippen LogP contribution in [-0.2, 0) is 4.79 Å². The van der Waals surface area contributed by atoms with Crippen molar-refractivity contribution in [2.45, 2.75) is 24.9 Å². The van der Waals surface area contributed by atoms with Crippen LogP contribution in [0.1, 0.15) is 29.3 Å². The number of methoxy groups -OCH3 is 1. The van der Waals surface area contributed by atoms with Crippen molar-refractivity contribution in [3.8, 4) is 5.75 Å². The minimum atomic E-state index is -0.804. The van der Waals surface area contributed by atoms with Crippen LogP contribution in [0.25, 0.3) is 0 Å². The number of hydrogen-bond donors (Lipinski definition) is 1. The van der Waals surface area contributed by atoms with Gasteiger partial charge in [0.1, 0.15) is 11.8 Å². The Morgan fingerprint density at radius 2 is 2.17 bits per heavy atom. The summed E-state index contributed by atoms with van der Waals surface area (Å²) in [5.41, 5.74) is 0.858. The van der Waals surface area contributed by atoms with Crippen LogP contribution in [0.15, 0.2) is 30.3 Å². The topological polar surface area (TPSA) is 49.8 Å². The highest BCUT2D eigenvalue weighted by atomic mass is 35.5. The van der Waals surface area contributed by atoms with Crippen LogP contribution in [0.2, 0.25) is 9.36 Å². The summed E-state index contributed by atoms with van der Waals surface area (Å²) in [4.78, 5) is 14.7. The quantitative estimate of drug-likeness (QED) is 0.809. The van der Waals surface area contributed by atoms with Crippen LogP contribution in [0, 0.1) is 0 Å². The lowest BCUT2D eigenvalue weighted by atomic mass is 10.0. The summed E-state index contributed by atoms with van der Waals surface area (Å²) in [5, 5.41) is 10.2. The zero-order chi connectivity index (χ0) is 17.3. The monoisotopic (exact) mass is 385 g/mol. The number of nitrogens with zero attached hydrogens (tertiary/aromatic N) is 1. The van der Waals surface area contributed by atoms with Crippen molar-refractivity contribution in [2.75, 3.05) is 13.7 Å². The minimum Gasteiger partial charge on any atom is -0.496 e. The summed E-state index contributed by atoms with van der Waals surface area (Å²) >= 11 is 13.8. The minimum absolute atomic E-state index is 0.250. The molecule has 0 aliphatic carbocycles. The third-order valence-electron chi connectivity index (χ3n) is 4.26. The third-order valence-corrected chi connectivity index (χ3v) is 5.78. The van der Waals surface area contributed by atoms with E-state index in [-0.39, 0.29) is 6.04 Å². The number of rotatable bonds is 5. The summed E-state index contributed by atoms with van der Waals surface area (Å²) in [5.74, 6) is -0.119. The van der Waals surface area contributed by atoms with E-state index in [1.165, 1.54) is 11.3 Å². The summed E-state index contributed by atoms with van der Waals surface area (Å²) < 4.78 is 6.17. The molecule has 7 heteroatoms. The molecule has 0 radical (unpaired) electrons. The fourth-order valence-corrected chi connectivity index (χ4v) is 4.63. The van der Waals surface area contributed by atoms with Gasteiger partial charge in [0.15, 0.2) is 0 Å². The van der Waals surface area contributed by atoms with Crippen molar-refractivity contribution in [3.63, 3.8) is 0 Å². The van der Waals surface area contributed by atoms with E-state index >= 15 is 0 Å². The highest BCUT2D eigenvalue weighted by molar-refractivity contribution is 7.16. The van der Waals surface area contributed by atoms with E-state index in [9.17, 15) is 9.90 Å². The van der Waals surface area contributed by atoms with Gasteiger partial charge in [0.25, 0.3) is 0 Å². The Bertz CT molecular complexity index is 749. The molecule has 1 fully saturated rings. The highest BCUT2D eigenvalue weighted by Crippen LogP contribution is 2.43. The molecule has 0 saturated carbocycles. The number of carbonyl (C=O) groups is 1. The molecule has 128 valence electrons. The molecule has 1 aliphatic rings. The summed E-state index contributed by atoms with van der Waals surface area (Å²) in [6.07, 6.45) is 1.48. The first-order valence-electron chi connectivity index (χ1n) is 7.58. The number of carboxylic acid groups (broad SMARTS) is 1. The van der Waals surface area contributed by atoms with Crippen LogP contribution < -0.4 is 4.74 Å². The molecule has 1 aliphatic heterocycles. The van der Waals surface area contributed by atoms with Crippen molar-refractivity contribution >= 4 is 40.5 Å². The fourth-order valence-electron chi connectivity index (χ4n) is 3.25. The van der Waals surface area contributed by atoms with Crippen LogP contribution in [0.3, 0.4) is 0 Å². The summed E-state index contributed by atoms with van der Waals surface area (Å²) in [6, 6.07) is 8.41. The maximum absolute atomic E-state index is 11.7. The zero-order valence-corrected chi connectivity index (χ0v) is 15.4. The van der Waals surface area contributed by atoms with Gasteiger partial charge in [0.2, 0.25) is 0 Å². The lowest BCUT2D eigenvalue weighted by molar-refractivity contribution is -0.142. The fraction of sp³-hybridized carbons (Fsp3) is 0.353. The summed E-state index contributed by atoms with van der Waals surface area (Å²) in [7, 11) is 1.60. The zero-order valence-electron chi connectivity index (χ0n) is 13.0. The first-order chi connectivity index (χ1) is 11.5. The van der Waals surface area contributed by atoms with Crippen LogP contribution in [0.5, 0.6) is 5.75 Å². The maximum Gasteiger partial charge on any atom is 0.320 e. The van der Waals surface area contributed by atoms with Gasteiger partial charge in [-0.05, 0) is 43.2 Å². The normalized spacial score (nSPS) is 19.4. The number of hydrogen-bond acceptors (Lipinski definition) is 4. The number of thiophene rings is 1. The van der Waals surface area contributed by atoms with Gasteiger partial charge in [0, 0.05) is 22.0 Å². The molecule has 0 bridgehead atoms. The largest absolute Gasteiger partial charge is 0.496 e. The molecule has 1 aromatic heterocycles. The Morgan fingerprint density at radius 3 is 2.79 bits per heavy atom. The van der Waals surface area contributed by atoms with E-state index in [1.54, 1.807) is 13.2 Å². The maximum atomic E-state index is 11.7. The van der Waals surface area contributed by atoms with Gasteiger partial charge in [-0.1, -0.05) is 23.2 Å². The van der Waals surface area contributed by atoms with Crippen molar-refractivity contribution < 1.29 is 14.6 Å². The number of ether oxygens (including phenoxy) is 1. The van der Waals surface area contributed by atoms with E-state index in [0.717, 1.165) is 16.9 Å². The van der Waals surface area contributed by atoms with Crippen LogP contribution in [0.4, 0.5) is 0 Å². The molecule has 0 amide bonds. The molecule has 2 aromatic rings. The molecule has 1 aromatic carbocycles. The Balaban J connectivity index is 2.13. The lowest BCUT2D eigenvalue weighted by Crippen LogP contribution is -2.39. The number of carboxylic acids is 1. The number of likely N-dealkylation sites (tertiary alicyclic amines) is 1. The second-order valence-corrected chi connectivity index (χ2v) is 7.85. The van der Waals surface area contributed by atoms with Gasteiger partial charge in [-0.2, -0.15) is 0 Å². The van der Waals surface area contributed by atoms with Crippen molar-refractivity contribution in [3.05, 3.63) is 50.1 Å². The molecule has 2 unspecified atom stereocenters. The van der Waals surface area contributed by atoms with Gasteiger partial charge in [0.05, 0.1) is 17.5 Å². The van der Waals surface area contributed by atoms with Crippen LogP contribution in [-0.4, -0.2) is 35.7 Å². The molecule has 2 heterocycles. The second-order valence-electron chi connectivity index (χ2n) is 5.66. The predicted molar refractivity (Wildman–Crippen MR) is 96.5 cm³/mol. The molecule has 3 rings (SSSR count). The first kappa shape index (κ1) is 17.5. The van der Waals surface area contributed by atoms with Gasteiger partial charge < -0.3 is 9.84 Å². The lowest BCUT2D eigenvalue weighted by Gasteiger charge is -2.31. The molecule has 1 N–H and O–H groups in total. The van der Waals surface area contributed by atoms with Gasteiger partial charge in [-0.15, -0.1) is 11.3 Å². The molecular formula is C17H17Cl2NO3S. The Kier molecular flexibility index (Phi) is 5.35. The number of aliphatic carboxylic acids is 1. The van der Waals surface area contributed by atoms with E-state index in [2.05, 4.69) is 0 Å². The second kappa shape index (κ2) is 7.31. The molecule has 1 saturated heterocycles. The van der Waals surface area contributed by atoms with E-state index in [1.807, 2.05) is 29.2 Å². The Hall–Kier alpha value is -1.27. The summed E-state index contributed by atoms with van der Waals surface area (Å²) in [6.45, 7) is 0.701. The molecular weight excluding hydrogens is 369 g/mol. The van der Waals surface area contributed by atoms with Crippen molar-refractivity contribution in [2.24, 2.45) is 0 Å². The van der Waals surface area contributed by atoms with Gasteiger partial charge >= 0.3 is 5.97 Å². The number of halogens is 2. The first-order valence-corrected chi connectivity index (χ1v) is 9.15. The van der Waals surface area contributed by atoms with E-state index < -0.39 is 12.0 Å². The van der Waals surface area contributed by atoms with E-state index in [0.29, 0.717) is 28.1 Å². The Morgan fingerprint density at radius 1 is 1.38 bits per heavy atom. The average molecular weight is 386 g/mol. The molecule has 2 atom stereocenters. The van der Waals surface area contributed by atoms with Crippen molar-refractivity contribution in [1.29, 1.82) is 0 Å². The molecule has 4 nitrogen and oxygen atoms in total. The third kappa shape index (κ3) is 3.40. The van der Waals surface area contributed by atoms with Crippen LogP contribution >= 0.6 is 34.5 Å². The molecule has 0 spiro atoms. The standard InChI is InChI=1S/C17H17Cl2NO3S/c1-23-13-5-4-10(18)9-11(13)16(14-6-7-15(19)24-14)20-8-2-3-12(20)17(21)22/h4-7,9,12,16H,2-3,8H2,1H3,(H,21,22). The molecule has 24 heavy (non-hydrogen) atoms. The SMILES string of the molecule is COc1ccc(Cl)cc1C(c1ccc(Cl)s1)N1CCCC1C(=O)O. The number of benzene rings is 1. The van der Waals surface area contributed by atoms with Gasteiger partial charge in [-0.3, -0.25) is 9.69 Å². The smallest absolute Gasteiger partial charge is 0.320 e. The van der Waals surface area contributed by atoms with E-state index in [4.69, 9.17) is 27.9 Å². The predicted octanol–water partition coefficient (Wildman–Crippen LogP) is 4.70. The highest BCUT2D eigenvalue weighted by Gasteiger charge is 2.38. The van der Waals surface area contributed by atoms with Gasteiger partial charge in [-0.25, -0.2) is 0 Å². The average Bonchev–Trinajstić information content (AvgIpc) is 3.18.